The lowest BCUT2D eigenvalue weighted by Crippen LogP contribution is -1.94. The second-order valence-electron chi connectivity index (χ2n) is 6.02. The number of phenolic OH excluding ortho intramolecular Hbond substituents is 2. The third-order valence-corrected chi connectivity index (χ3v) is 4.54. The molecule has 0 fully saturated rings. The molecule has 0 bridgehead atoms. The highest BCUT2D eigenvalue weighted by molar-refractivity contribution is 6.02. The van der Waals surface area contributed by atoms with Crippen LogP contribution in [-0.4, -0.2) is 10.2 Å². The Kier molecular flexibility index (Phi) is 3.32. The number of aryl methyl sites for hydroxylation is 2. The Morgan fingerprint density at radius 2 is 1.36 bits per heavy atom. The van der Waals surface area contributed by atoms with E-state index in [1.54, 1.807) is 12.1 Å². The zero-order valence-corrected chi connectivity index (χ0v) is 13.4. The molecule has 0 heterocycles. The zero-order valence-electron chi connectivity index (χ0n) is 13.4. The molecule has 0 unspecified atom stereocenters. The van der Waals surface area contributed by atoms with Gasteiger partial charge in [-0.15, -0.1) is 0 Å². The minimum Gasteiger partial charge on any atom is -0.507 e. The van der Waals surface area contributed by atoms with Crippen LogP contribution in [0.3, 0.4) is 0 Å². The normalized spacial score (nSPS) is 11.1. The van der Waals surface area contributed by atoms with E-state index in [9.17, 15) is 10.2 Å². The minimum absolute atomic E-state index is 0.194. The first-order valence-corrected chi connectivity index (χ1v) is 7.42. The molecule has 2 nitrogen and oxygen atoms in total. The highest BCUT2D eigenvalue weighted by atomic mass is 16.3. The molecule has 112 valence electrons. The zero-order chi connectivity index (χ0) is 16.0. The van der Waals surface area contributed by atoms with E-state index in [4.69, 9.17) is 0 Å². The number of fused-ring (bicyclic) bond motifs is 1. The number of benzene rings is 3. The largest absolute Gasteiger partial charge is 0.507 e. The second-order valence-corrected chi connectivity index (χ2v) is 6.02. The summed E-state index contributed by atoms with van der Waals surface area (Å²) in [5.74, 6) is 0.407. The first-order chi connectivity index (χ1) is 10.4. The van der Waals surface area contributed by atoms with Crippen LogP contribution in [0.15, 0.2) is 36.4 Å². The fourth-order valence-electron chi connectivity index (χ4n) is 3.06. The standard InChI is InChI=1S/C20H20O2/c1-11-5-6-15-7-8-17(21)20(16(15)9-11)19-14(4)13(3)12(2)10-18(19)22/h5-10,21-22H,1-4H3. The van der Waals surface area contributed by atoms with Crippen LogP contribution in [0.2, 0.25) is 0 Å². The Morgan fingerprint density at radius 1 is 0.682 bits per heavy atom. The topological polar surface area (TPSA) is 40.5 Å². The maximum Gasteiger partial charge on any atom is 0.124 e. The van der Waals surface area contributed by atoms with Crippen molar-refractivity contribution >= 4 is 10.8 Å². The SMILES string of the molecule is Cc1ccc2ccc(O)c(-c3c(O)cc(C)c(C)c3C)c2c1. The Morgan fingerprint density at radius 3 is 2.09 bits per heavy atom. The van der Waals surface area contributed by atoms with Crippen LogP contribution in [0, 0.1) is 27.7 Å². The fourth-order valence-corrected chi connectivity index (χ4v) is 3.06. The molecule has 22 heavy (non-hydrogen) atoms. The summed E-state index contributed by atoms with van der Waals surface area (Å²) < 4.78 is 0. The number of phenols is 2. The fraction of sp³-hybridized carbons (Fsp3) is 0.200. The van der Waals surface area contributed by atoms with E-state index in [0.29, 0.717) is 5.56 Å². The van der Waals surface area contributed by atoms with E-state index in [-0.39, 0.29) is 11.5 Å². The Bertz CT molecular complexity index is 887. The van der Waals surface area contributed by atoms with Crippen molar-refractivity contribution in [3.05, 3.63) is 58.7 Å². The average molecular weight is 292 g/mol. The van der Waals surface area contributed by atoms with Crippen molar-refractivity contribution in [2.45, 2.75) is 27.7 Å². The van der Waals surface area contributed by atoms with Gasteiger partial charge in [-0.05, 0) is 67.3 Å². The maximum absolute atomic E-state index is 10.5. The second kappa shape index (κ2) is 5.06. The van der Waals surface area contributed by atoms with Crippen LogP contribution in [0.1, 0.15) is 22.3 Å². The minimum atomic E-state index is 0.194. The highest BCUT2D eigenvalue weighted by Crippen LogP contribution is 2.44. The molecule has 0 atom stereocenters. The average Bonchev–Trinajstić information content (AvgIpc) is 2.47. The van der Waals surface area contributed by atoms with Crippen LogP contribution in [0.4, 0.5) is 0 Å². The summed E-state index contributed by atoms with van der Waals surface area (Å²) >= 11 is 0. The van der Waals surface area contributed by atoms with Crippen molar-refractivity contribution < 1.29 is 10.2 Å². The predicted molar refractivity (Wildman–Crippen MR) is 91.7 cm³/mol. The van der Waals surface area contributed by atoms with Gasteiger partial charge in [-0.3, -0.25) is 0 Å². The van der Waals surface area contributed by atoms with Crippen molar-refractivity contribution in [1.29, 1.82) is 0 Å². The maximum atomic E-state index is 10.5. The molecule has 0 amide bonds. The number of aromatic hydroxyl groups is 2. The van der Waals surface area contributed by atoms with Crippen LogP contribution in [0.25, 0.3) is 21.9 Å². The molecule has 0 spiro atoms. The molecule has 0 saturated heterocycles. The van der Waals surface area contributed by atoms with Gasteiger partial charge in [0.2, 0.25) is 0 Å². The number of hydrogen-bond donors (Lipinski definition) is 2. The molecule has 3 aromatic rings. The van der Waals surface area contributed by atoms with Crippen LogP contribution in [0.5, 0.6) is 11.5 Å². The summed E-state index contributed by atoms with van der Waals surface area (Å²) in [6, 6.07) is 11.5. The van der Waals surface area contributed by atoms with E-state index in [1.807, 2.05) is 39.8 Å². The van der Waals surface area contributed by atoms with Gasteiger partial charge in [-0.1, -0.05) is 29.8 Å². The molecule has 0 saturated carbocycles. The van der Waals surface area contributed by atoms with Crippen molar-refractivity contribution in [2.75, 3.05) is 0 Å². The van der Waals surface area contributed by atoms with Gasteiger partial charge in [0.15, 0.2) is 0 Å². The molecule has 0 aliphatic heterocycles. The third kappa shape index (κ3) is 2.12. The molecule has 2 N–H and O–H groups in total. The van der Waals surface area contributed by atoms with Gasteiger partial charge >= 0.3 is 0 Å². The lowest BCUT2D eigenvalue weighted by atomic mass is 9.89. The quantitative estimate of drug-likeness (QED) is 0.651. The summed E-state index contributed by atoms with van der Waals surface area (Å²) in [4.78, 5) is 0. The molecule has 0 aliphatic carbocycles. The molecule has 3 rings (SSSR count). The molecular weight excluding hydrogens is 272 g/mol. The summed E-state index contributed by atoms with van der Waals surface area (Å²) in [6.07, 6.45) is 0. The lowest BCUT2D eigenvalue weighted by Gasteiger charge is -2.17. The van der Waals surface area contributed by atoms with E-state index < -0.39 is 0 Å². The van der Waals surface area contributed by atoms with Gasteiger partial charge in [-0.25, -0.2) is 0 Å². The Hall–Kier alpha value is -2.48. The molecule has 0 aliphatic rings. The van der Waals surface area contributed by atoms with E-state index in [1.165, 1.54) is 0 Å². The van der Waals surface area contributed by atoms with E-state index in [0.717, 1.165) is 38.6 Å². The van der Waals surface area contributed by atoms with E-state index >= 15 is 0 Å². The van der Waals surface area contributed by atoms with Crippen LogP contribution in [-0.2, 0) is 0 Å². The molecule has 3 aromatic carbocycles. The van der Waals surface area contributed by atoms with Crippen molar-refractivity contribution in [1.82, 2.24) is 0 Å². The van der Waals surface area contributed by atoms with Gasteiger partial charge in [0.25, 0.3) is 0 Å². The first-order valence-electron chi connectivity index (χ1n) is 7.42. The number of rotatable bonds is 1. The Labute approximate surface area is 130 Å². The van der Waals surface area contributed by atoms with Crippen molar-refractivity contribution in [2.24, 2.45) is 0 Å². The molecular formula is C20H20O2. The first kappa shape index (κ1) is 14.5. The summed E-state index contributed by atoms with van der Waals surface area (Å²) in [7, 11) is 0. The summed E-state index contributed by atoms with van der Waals surface area (Å²) in [6.45, 7) is 8.05. The van der Waals surface area contributed by atoms with Crippen molar-refractivity contribution in [3.63, 3.8) is 0 Å². The van der Waals surface area contributed by atoms with E-state index in [2.05, 4.69) is 12.1 Å². The molecule has 0 aromatic heterocycles. The van der Waals surface area contributed by atoms with Crippen LogP contribution >= 0.6 is 0 Å². The van der Waals surface area contributed by atoms with Gasteiger partial charge in [0, 0.05) is 11.1 Å². The third-order valence-electron chi connectivity index (χ3n) is 4.54. The predicted octanol–water partition coefficient (Wildman–Crippen LogP) is 5.15. The highest BCUT2D eigenvalue weighted by Gasteiger charge is 2.18. The summed E-state index contributed by atoms with van der Waals surface area (Å²) in [5.41, 5.74) is 5.74. The van der Waals surface area contributed by atoms with Crippen molar-refractivity contribution in [3.8, 4) is 22.6 Å². The number of hydrogen-bond acceptors (Lipinski definition) is 2. The lowest BCUT2D eigenvalue weighted by molar-refractivity contribution is 0.469. The molecule has 0 radical (unpaired) electrons. The van der Waals surface area contributed by atoms with Gasteiger partial charge < -0.3 is 10.2 Å². The summed E-state index contributed by atoms with van der Waals surface area (Å²) in [5, 5.41) is 23.0. The van der Waals surface area contributed by atoms with Gasteiger partial charge in [0.05, 0.1) is 0 Å². The molecule has 2 heteroatoms. The van der Waals surface area contributed by atoms with Gasteiger partial charge in [-0.2, -0.15) is 0 Å². The smallest absolute Gasteiger partial charge is 0.124 e. The van der Waals surface area contributed by atoms with Crippen LogP contribution < -0.4 is 0 Å². The monoisotopic (exact) mass is 292 g/mol. The van der Waals surface area contributed by atoms with Gasteiger partial charge in [0.1, 0.15) is 11.5 Å². The Balaban J connectivity index is 2.48.